The predicted molar refractivity (Wildman–Crippen MR) is 135 cm³/mol. The topological polar surface area (TPSA) is 49.4 Å². The highest BCUT2D eigenvalue weighted by Gasteiger charge is 2.29. The second-order valence-electron chi connectivity index (χ2n) is 9.26. The molecule has 3 rings (SSSR count). The van der Waals surface area contributed by atoms with Crippen LogP contribution < -0.4 is 5.32 Å². The summed E-state index contributed by atoms with van der Waals surface area (Å²) in [5.41, 5.74) is 3.66. The number of amides is 2. The highest BCUT2D eigenvalue weighted by molar-refractivity contribution is 5.88. The zero-order valence-electron chi connectivity index (χ0n) is 20.4. The van der Waals surface area contributed by atoms with Gasteiger partial charge in [0.05, 0.1) is 0 Å². The molecule has 0 bridgehead atoms. The first-order chi connectivity index (χ1) is 16.1. The summed E-state index contributed by atoms with van der Waals surface area (Å²) in [7, 11) is 0. The second-order valence-corrected chi connectivity index (χ2v) is 9.26. The Morgan fingerprint density at radius 2 is 1.52 bits per heavy atom. The Labute approximate surface area is 199 Å². The van der Waals surface area contributed by atoms with Crippen molar-refractivity contribution in [1.82, 2.24) is 10.2 Å². The fraction of sp³-hybridized carbons (Fsp3) is 0.517. The van der Waals surface area contributed by atoms with Gasteiger partial charge in [0.15, 0.2) is 0 Å². The quantitative estimate of drug-likeness (QED) is 0.495. The number of hydrogen-bond donors (Lipinski definition) is 1. The molecule has 1 aliphatic carbocycles. The lowest BCUT2D eigenvalue weighted by Gasteiger charge is -2.33. The molecule has 0 saturated heterocycles. The molecule has 1 N–H and O–H groups in total. The van der Waals surface area contributed by atoms with Crippen molar-refractivity contribution in [3.63, 3.8) is 0 Å². The van der Waals surface area contributed by atoms with Crippen molar-refractivity contribution in [3.05, 3.63) is 71.3 Å². The zero-order valence-corrected chi connectivity index (χ0v) is 20.4. The number of rotatable bonds is 11. The van der Waals surface area contributed by atoms with Crippen molar-refractivity contribution in [3.8, 4) is 0 Å². The molecule has 33 heavy (non-hydrogen) atoms. The van der Waals surface area contributed by atoms with Crippen LogP contribution in [0.25, 0.3) is 0 Å². The Morgan fingerprint density at radius 1 is 0.879 bits per heavy atom. The summed E-state index contributed by atoms with van der Waals surface area (Å²) in [6.45, 7) is 4.72. The number of nitrogens with one attached hydrogen (secondary N) is 1. The molecule has 0 aromatic heterocycles. The van der Waals surface area contributed by atoms with Crippen LogP contribution in [0, 0.1) is 0 Å². The molecular weight excluding hydrogens is 408 g/mol. The minimum atomic E-state index is -0.411. The van der Waals surface area contributed by atoms with Crippen LogP contribution in [-0.4, -0.2) is 35.3 Å². The van der Waals surface area contributed by atoms with Crippen LogP contribution in [0.4, 0.5) is 0 Å². The smallest absolute Gasteiger partial charge is 0.243 e. The molecule has 2 amide bonds. The molecule has 1 fully saturated rings. The van der Waals surface area contributed by atoms with Crippen LogP contribution in [-0.2, 0) is 28.9 Å². The first-order valence-electron chi connectivity index (χ1n) is 12.8. The maximum Gasteiger partial charge on any atom is 0.243 e. The average molecular weight is 449 g/mol. The Kier molecular flexibility index (Phi) is 9.99. The highest BCUT2D eigenvalue weighted by Crippen LogP contribution is 2.19. The molecule has 2 aromatic carbocycles. The number of benzene rings is 2. The third-order valence-corrected chi connectivity index (χ3v) is 6.88. The van der Waals surface area contributed by atoms with E-state index in [2.05, 4.69) is 48.6 Å². The normalized spacial score (nSPS) is 15.1. The fourth-order valence-electron chi connectivity index (χ4n) is 4.78. The van der Waals surface area contributed by atoms with Gasteiger partial charge in [0.2, 0.25) is 11.8 Å². The molecule has 0 radical (unpaired) electrons. The predicted octanol–water partition coefficient (Wildman–Crippen LogP) is 5.48. The second kappa shape index (κ2) is 13.2. The molecule has 0 spiro atoms. The molecular formula is C29H40N2O2. The molecule has 1 aliphatic rings. The van der Waals surface area contributed by atoms with Crippen molar-refractivity contribution in [2.24, 2.45) is 0 Å². The van der Waals surface area contributed by atoms with Crippen LogP contribution in [0.2, 0.25) is 0 Å². The molecule has 178 valence electrons. The van der Waals surface area contributed by atoms with Gasteiger partial charge in [0.25, 0.3) is 0 Å². The van der Waals surface area contributed by atoms with Crippen molar-refractivity contribution in [2.45, 2.75) is 90.1 Å². The van der Waals surface area contributed by atoms with Crippen LogP contribution in [0.1, 0.15) is 75.5 Å². The van der Waals surface area contributed by atoms with Gasteiger partial charge in [-0.15, -0.1) is 0 Å². The summed E-state index contributed by atoms with van der Waals surface area (Å²) < 4.78 is 0. The van der Waals surface area contributed by atoms with Gasteiger partial charge in [-0.3, -0.25) is 9.59 Å². The lowest BCUT2D eigenvalue weighted by Crippen LogP contribution is -2.52. The maximum absolute atomic E-state index is 13.4. The number of hydrogen-bond acceptors (Lipinski definition) is 2. The van der Waals surface area contributed by atoms with E-state index < -0.39 is 6.04 Å². The molecule has 0 unspecified atom stereocenters. The first kappa shape index (κ1) is 25.0. The van der Waals surface area contributed by atoms with E-state index in [0.717, 1.165) is 25.7 Å². The van der Waals surface area contributed by atoms with Gasteiger partial charge < -0.3 is 10.2 Å². The van der Waals surface area contributed by atoms with E-state index in [-0.39, 0.29) is 17.9 Å². The van der Waals surface area contributed by atoms with Gasteiger partial charge in [-0.1, -0.05) is 87.7 Å². The summed E-state index contributed by atoms with van der Waals surface area (Å²) in [4.78, 5) is 28.5. The van der Waals surface area contributed by atoms with E-state index in [1.165, 1.54) is 36.0 Å². The minimum Gasteiger partial charge on any atom is -0.352 e. The maximum atomic E-state index is 13.4. The van der Waals surface area contributed by atoms with Gasteiger partial charge in [0, 0.05) is 19.0 Å². The van der Waals surface area contributed by atoms with Gasteiger partial charge in [-0.05, 0) is 55.2 Å². The van der Waals surface area contributed by atoms with E-state index in [4.69, 9.17) is 0 Å². The van der Waals surface area contributed by atoms with E-state index in [9.17, 15) is 9.59 Å². The summed E-state index contributed by atoms with van der Waals surface area (Å²) in [5.74, 6) is 0.0780. The van der Waals surface area contributed by atoms with Crippen LogP contribution >= 0.6 is 0 Å². The molecule has 1 atom stereocenters. The lowest BCUT2D eigenvalue weighted by atomic mass is 9.95. The van der Waals surface area contributed by atoms with Gasteiger partial charge in [0.1, 0.15) is 6.04 Å². The number of aryl methyl sites for hydroxylation is 2. The third kappa shape index (κ3) is 7.73. The van der Waals surface area contributed by atoms with Crippen molar-refractivity contribution in [1.29, 1.82) is 0 Å². The van der Waals surface area contributed by atoms with E-state index in [1.807, 2.05) is 30.0 Å². The lowest BCUT2D eigenvalue weighted by molar-refractivity contribution is -0.141. The largest absolute Gasteiger partial charge is 0.352 e. The van der Waals surface area contributed by atoms with E-state index in [0.29, 0.717) is 25.8 Å². The number of nitrogens with zero attached hydrogens (tertiary/aromatic N) is 1. The highest BCUT2D eigenvalue weighted by atomic mass is 16.2. The molecule has 4 nitrogen and oxygen atoms in total. The van der Waals surface area contributed by atoms with Crippen LogP contribution in [0.15, 0.2) is 54.6 Å². The Bertz CT molecular complexity index is 857. The minimum absolute atomic E-state index is 0.0121. The van der Waals surface area contributed by atoms with Gasteiger partial charge in [-0.2, -0.15) is 0 Å². The molecule has 0 aliphatic heterocycles. The monoisotopic (exact) mass is 448 g/mol. The Balaban J connectivity index is 1.68. The summed E-state index contributed by atoms with van der Waals surface area (Å²) >= 11 is 0. The van der Waals surface area contributed by atoms with Gasteiger partial charge >= 0.3 is 0 Å². The zero-order chi connectivity index (χ0) is 23.5. The van der Waals surface area contributed by atoms with Crippen molar-refractivity contribution in [2.75, 3.05) is 6.54 Å². The summed E-state index contributed by atoms with van der Waals surface area (Å²) in [6, 6.07) is 18.6. The Morgan fingerprint density at radius 3 is 2.15 bits per heavy atom. The number of carbonyl (C=O) groups is 2. The number of carbonyl (C=O) groups excluding carboxylic acids is 2. The van der Waals surface area contributed by atoms with E-state index >= 15 is 0 Å². The standard InChI is InChI=1S/C29H40N2O2/c1-3-23-15-17-25(18-16-23)19-20-28(32)31(22-21-24-11-7-5-8-12-24)27(4-2)29(33)30-26-13-9-6-10-14-26/h5,7-8,11-12,15-18,26-27H,3-4,6,9-10,13-14,19-22H2,1-2H3,(H,30,33)/t27-/m1/s1. The van der Waals surface area contributed by atoms with Crippen molar-refractivity contribution < 1.29 is 9.59 Å². The fourth-order valence-corrected chi connectivity index (χ4v) is 4.78. The molecule has 4 heteroatoms. The molecule has 0 heterocycles. The molecule has 1 saturated carbocycles. The van der Waals surface area contributed by atoms with Gasteiger partial charge in [-0.25, -0.2) is 0 Å². The van der Waals surface area contributed by atoms with Crippen LogP contribution in [0.5, 0.6) is 0 Å². The Hall–Kier alpha value is -2.62. The van der Waals surface area contributed by atoms with Crippen molar-refractivity contribution >= 4 is 11.8 Å². The van der Waals surface area contributed by atoms with Crippen LogP contribution in [0.3, 0.4) is 0 Å². The summed E-state index contributed by atoms with van der Waals surface area (Å²) in [5, 5.41) is 3.26. The summed E-state index contributed by atoms with van der Waals surface area (Å²) in [6.07, 6.45) is 9.23. The SMILES string of the molecule is CCc1ccc(CCC(=O)N(CCc2ccccc2)[C@H](CC)C(=O)NC2CCCCC2)cc1. The molecule has 2 aromatic rings. The average Bonchev–Trinajstić information content (AvgIpc) is 2.86. The third-order valence-electron chi connectivity index (χ3n) is 6.88. The first-order valence-corrected chi connectivity index (χ1v) is 12.8. The van der Waals surface area contributed by atoms with E-state index in [1.54, 1.807) is 0 Å².